The van der Waals surface area contributed by atoms with Crippen molar-refractivity contribution < 1.29 is 9.53 Å². The molecule has 2 N–H and O–H groups in total. The molecule has 1 aromatic carbocycles. The lowest BCUT2D eigenvalue weighted by Crippen LogP contribution is -2.41. The van der Waals surface area contributed by atoms with Crippen LogP contribution in [0.2, 0.25) is 5.02 Å². The molecule has 5 heteroatoms. The first kappa shape index (κ1) is 13.8. The average molecular weight is 257 g/mol. The summed E-state index contributed by atoms with van der Waals surface area (Å²) in [5.41, 5.74) is 5.20. The molecule has 0 aliphatic rings. The molecule has 0 spiro atoms. The van der Waals surface area contributed by atoms with E-state index in [4.69, 9.17) is 22.1 Å². The Balaban J connectivity index is 2.32. The van der Waals surface area contributed by atoms with Crippen LogP contribution in [-0.4, -0.2) is 37.0 Å². The van der Waals surface area contributed by atoms with Crippen LogP contribution in [0.1, 0.15) is 6.92 Å². The van der Waals surface area contributed by atoms with E-state index in [9.17, 15) is 4.79 Å². The van der Waals surface area contributed by atoms with Crippen molar-refractivity contribution in [2.75, 3.05) is 20.2 Å². The lowest BCUT2D eigenvalue weighted by molar-refractivity contribution is -0.122. The molecule has 0 aliphatic carbocycles. The van der Waals surface area contributed by atoms with Crippen molar-refractivity contribution in [1.82, 2.24) is 4.90 Å². The number of primary amides is 1. The van der Waals surface area contributed by atoms with E-state index in [1.54, 1.807) is 31.2 Å². The Morgan fingerprint density at radius 3 is 2.59 bits per heavy atom. The first-order valence-electron chi connectivity index (χ1n) is 5.38. The average Bonchev–Trinajstić information content (AvgIpc) is 2.30. The van der Waals surface area contributed by atoms with Gasteiger partial charge in [-0.1, -0.05) is 11.6 Å². The second kappa shape index (κ2) is 6.47. The minimum absolute atomic E-state index is 0.288. The number of hydrogen-bond donors (Lipinski definition) is 1. The molecule has 1 atom stereocenters. The van der Waals surface area contributed by atoms with Crippen LogP contribution in [0.4, 0.5) is 0 Å². The van der Waals surface area contributed by atoms with Crippen molar-refractivity contribution in [3.8, 4) is 5.75 Å². The van der Waals surface area contributed by atoms with Gasteiger partial charge in [-0.2, -0.15) is 0 Å². The minimum atomic E-state index is -0.334. The van der Waals surface area contributed by atoms with E-state index in [0.717, 1.165) is 5.75 Å². The number of hydrogen-bond acceptors (Lipinski definition) is 3. The van der Waals surface area contributed by atoms with Crippen LogP contribution in [-0.2, 0) is 4.79 Å². The van der Waals surface area contributed by atoms with Crippen LogP contribution in [0.5, 0.6) is 5.75 Å². The Labute approximate surface area is 106 Å². The maximum absolute atomic E-state index is 10.9. The SMILES string of the molecule is C[C@@H](C(N)=O)N(C)CCOc1ccc(Cl)cc1. The van der Waals surface area contributed by atoms with Gasteiger partial charge in [-0.3, -0.25) is 9.69 Å². The highest BCUT2D eigenvalue weighted by Gasteiger charge is 2.13. The fraction of sp³-hybridized carbons (Fsp3) is 0.417. The number of benzene rings is 1. The van der Waals surface area contributed by atoms with E-state index in [-0.39, 0.29) is 11.9 Å². The van der Waals surface area contributed by atoms with Crippen LogP contribution >= 0.6 is 11.6 Å². The van der Waals surface area contributed by atoms with Crippen molar-refractivity contribution in [2.24, 2.45) is 5.73 Å². The van der Waals surface area contributed by atoms with Gasteiger partial charge in [0.25, 0.3) is 0 Å². The van der Waals surface area contributed by atoms with E-state index < -0.39 is 0 Å². The molecule has 0 aliphatic heterocycles. The summed E-state index contributed by atoms with van der Waals surface area (Å²) in [4.78, 5) is 12.8. The van der Waals surface area contributed by atoms with Crippen molar-refractivity contribution in [3.05, 3.63) is 29.3 Å². The Morgan fingerprint density at radius 1 is 1.47 bits per heavy atom. The number of halogens is 1. The zero-order valence-electron chi connectivity index (χ0n) is 10.0. The molecule has 94 valence electrons. The van der Waals surface area contributed by atoms with Gasteiger partial charge in [0.1, 0.15) is 12.4 Å². The smallest absolute Gasteiger partial charge is 0.234 e. The van der Waals surface area contributed by atoms with Gasteiger partial charge in [0.05, 0.1) is 6.04 Å². The van der Waals surface area contributed by atoms with E-state index in [2.05, 4.69) is 0 Å². The minimum Gasteiger partial charge on any atom is -0.492 e. The Morgan fingerprint density at radius 2 is 2.06 bits per heavy atom. The summed E-state index contributed by atoms with van der Waals surface area (Å²) >= 11 is 5.76. The zero-order chi connectivity index (χ0) is 12.8. The van der Waals surface area contributed by atoms with Gasteiger partial charge in [0, 0.05) is 11.6 Å². The highest BCUT2D eigenvalue weighted by Crippen LogP contribution is 2.15. The van der Waals surface area contributed by atoms with Gasteiger partial charge in [0.2, 0.25) is 5.91 Å². The van der Waals surface area contributed by atoms with Gasteiger partial charge < -0.3 is 10.5 Å². The maximum Gasteiger partial charge on any atom is 0.234 e. The Hall–Kier alpha value is -1.26. The molecule has 1 aromatic rings. The highest BCUT2D eigenvalue weighted by molar-refractivity contribution is 6.30. The quantitative estimate of drug-likeness (QED) is 0.840. The number of ether oxygens (including phenoxy) is 1. The summed E-state index contributed by atoms with van der Waals surface area (Å²) in [5.74, 6) is 0.425. The molecule has 0 saturated heterocycles. The predicted molar refractivity (Wildman–Crippen MR) is 68.2 cm³/mol. The lowest BCUT2D eigenvalue weighted by atomic mass is 10.3. The Kier molecular flexibility index (Phi) is 5.25. The summed E-state index contributed by atoms with van der Waals surface area (Å²) in [6.45, 7) is 2.90. The molecule has 0 fully saturated rings. The molecule has 0 saturated carbocycles. The standard InChI is InChI=1S/C12H17ClN2O2/c1-9(12(14)16)15(2)7-8-17-11-5-3-10(13)4-6-11/h3-6,9H,7-8H2,1-2H3,(H2,14,16)/t9-/m0/s1. The van der Waals surface area contributed by atoms with Gasteiger partial charge in [-0.05, 0) is 38.2 Å². The molecular weight excluding hydrogens is 240 g/mol. The van der Waals surface area contributed by atoms with E-state index >= 15 is 0 Å². The second-order valence-electron chi connectivity index (χ2n) is 3.86. The van der Waals surface area contributed by atoms with Crippen molar-refractivity contribution in [2.45, 2.75) is 13.0 Å². The van der Waals surface area contributed by atoms with Gasteiger partial charge >= 0.3 is 0 Å². The fourth-order valence-electron chi connectivity index (χ4n) is 1.25. The number of rotatable bonds is 6. The molecular formula is C12H17ClN2O2. The lowest BCUT2D eigenvalue weighted by Gasteiger charge is -2.21. The molecule has 1 rings (SSSR count). The molecule has 1 amide bonds. The number of amides is 1. The molecule has 4 nitrogen and oxygen atoms in total. The highest BCUT2D eigenvalue weighted by atomic mass is 35.5. The third-order valence-corrected chi connectivity index (χ3v) is 2.85. The number of carbonyl (C=O) groups excluding carboxylic acids is 1. The molecule has 0 bridgehead atoms. The van der Waals surface area contributed by atoms with Crippen molar-refractivity contribution in [3.63, 3.8) is 0 Å². The molecule has 0 aromatic heterocycles. The van der Waals surface area contributed by atoms with Crippen LogP contribution in [0, 0.1) is 0 Å². The van der Waals surface area contributed by atoms with Gasteiger partial charge in [-0.25, -0.2) is 0 Å². The largest absolute Gasteiger partial charge is 0.492 e. The summed E-state index contributed by atoms with van der Waals surface area (Å²) in [6.07, 6.45) is 0. The van der Waals surface area contributed by atoms with Crippen LogP contribution < -0.4 is 10.5 Å². The maximum atomic E-state index is 10.9. The molecule has 17 heavy (non-hydrogen) atoms. The fourth-order valence-corrected chi connectivity index (χ4v) is 1.38. The number of nitrogens with two attached hydrogens (primary N) is 1. The van der Waals surface area contributed by atoms with Crippen LogP contribution in [0.25, 0.3) is 0 Å². The zero-order valence-corrected chi connectivity index (χ0v) is 10.8. The van der Waals surface area contributed by atoms with E-state index in [1.165, 1.54) is 0 Å². The third kappa shape index (κ3) is 4.63. The van der Waals surface area contributed by atoms with Crippen molar-refractivity contribution >= 4 is 17.5 Å². The van der Waals surface area contributed by atoms with E-state index in [1.807, 2.05) is 11.9 Å². The summed E-state index contributed by atoms with van der Waals surface area (Å²) in [7, 11) is 1.83. The third-order valence-electron chi connectivity index (χ3n) is 2.60. The van der Waals surface area contributed by atoms with Gasteiger partial charge in [0.15, 0.2) is 0 Å². The first-order valence-corrected chi connectivity index (χ1v) is 5.76. The molecule has 0 unspecified atom stereocenters. The van der Waals surface area contributed by atoms with Crippen LogP contribution in [0.15, 0.2) is 24.3 Å². The van der Waals surface area contributed by atoms with Crippen LogP contribution in [0.3, 0.4) is 0 Å². The van der Waals surface area contributed by atoms with Crippen molar-refractivity contribution in [1.29, 1.82) is 0 Å². The number of likely N-dealkylation sites (N-methyl/N-ethyl adjacent to an activating group) is 1. The number of carbonyl (C=O) groups is 1. The molecule has 0 heterocycles. The summed E-state index contributed by atoms with van der Waals surface area (Å²) in [6, 6.07) is 6.86. The normalized spacial score (nSPS) is 12.5. The number of nitrogens with zero attached hydrogens (tertiary/aromatic N) is 1. The van der Waals surface area contributed by atoms with Gasteiger partial charge in [-0.15, -0.1) is 0 Å². The van der Waals surface area contributed by atoms with E-state index in [0.29, 0.717) is 18.2 Å². The molecule has 0 radical (unpaired) electrons. The topological polar surface area (TPSA) is 55.6 Å². The monoisotopic (exact) mass is 256 g/mol. The summed E-state index contributed by atoms with van der Waals surface area (Å²) < 4.78 is 5.51. The summed E-state index contributed by atoms with van der Waals surface area (Å²) in [5, 5.41) is 0.678. The second-order valence-corrected chi connectivity index (χ2v) is 4.30. The predicted octanol–water partition coefficient (Wildman–Crippen LogP) is 1.52. The first-order chi connectivity index (χ1) is 8.00. The Bertz CT molecular complexity index is 367.